The minimum atomic E-state index is -0.429. The molecule has 1 aliphatic carbocycles. The van der Waals surface area contributed by atoms with Crippen molar-refractivity contribution < 1.29 is 14.7 Å². The lowest BCUT2D eigenvalue weighted by molar-refractivity contribution is -0.140. The highest BCUT2D eigenvalue weighted by atomic mass is 35.5. The number of hydrogen-bond donors (Lipinski definition) is 2. The van der Waals surface area contributed by atoms with Gasteiger partial charge in [0.05, 0.1) is 0 Å². The summed E-state index contributed by atoms with van der Waals surface area (Å²) in [4.78, 5) is 26.1. The highest BCUT2D eigenvalue weighted by Crippen LogP contribution is 2.32. The summed E-state index contributed by atoms with van der Waals surface area (Å²) < 4.78 is 0. The Labute approximate surface area is 133 Å². The van der Waals surface area contributed by atoms with E-state index in [0.29, 0.717) is 5.69 Å². The highest BCUT2D eigenvalue weighted by molar-refractivity contribution is 6.48. The largest absolute Gasteiger partial charge is 0.508 e. The van der Waals surface area contributed by atoms with Crippen LogP contribution in [0.4, 0.5) is 5.69 Å². The van der Waals surface area contributed by atoms with Crippen LogP contribution < -0.4 is 5.32 Å². The highest BCUT2D eigenvalue weighted by Gasteiger charge is 2.42. The first-order chi connectivity index (χ1) is 10.6. The van der Waals surface area contributed by atoms with Crippen LogP contribution in [0.3, 0.4) is 0 Å². The van der Waals surface area contributed by atoms with E-state index in [4.69, 9.17) is 11.6 Å². The normalized spacial score (nSPS) is 20.0. The molecule has 116 valence electrons. The van der Waals surface area contributed by atoms with Crippen molar-refractivity contribution in [3.8, 4) is 5.75 Å². The van der Waals surface area contributed by atoms with Gasteiger partial charge < -0.3 is 10.4 Å². The zero-order chi connectivity index (χ0) is 15.7. The van der Waals surface area contributed by atoms with E-state index < -0.39 is 5.91 Å². The fourth-order valence-electron chi connectivity index (χ4n) is 3.03. The van der Waals surface area contributed by atoms with Gasteiger partial charge in [0.15, 0.2) is 0 Å². The van der Waals surface area contributed by atoms with Crippen LogP contribution in [0.15, 0.2) is 35.0 Å². The molecule has 1 heterocycles. The first kappa shape index (κ1) is 14.9. The molecule has 0 aromatic heterocycles. The van der Waals surface area contributed by atoms with Crippen LogP contribution in [0.1, 0.15) is 32.1 Å². The van der Waals surface area contributed by atoms with Crippen LogP contribution in [0, 0.1) is 0 Å². The molecule has 0 unspecified atom stereocenters. The number of aromatic hydroxyl groups is 1. The van der Waals surface area contributed by atoms with Gasteiger partial charge in [0.1, 0.15) is 16.5 Å². The van der Waals surface area contributed by atoms with Gasteiger partial charge >= 0.3 is 0 Å². The number of carbonyl (C=O) groups is 2. The van der Waals surface area contributed by atoms with Crippen LogP contribution in [0.25, 0.3) is 0 Å². The predicted molar refractivity (Wildman–Crippen MR) is 83.3 cm³/mol. The number of hydrogen-bond acceptors (Lipinski definition) is 4. The number of phenolic OH excluding ortho intramolecular Hbond substituents is 1. The maximum atomic E-state index is 12.6. The molecule has 0 bridgehead atoms. The lowest BCUT2D eigenvalue weighted by Gasteiger charge is -2.29. The standard InChI is InChI=1S/C16H17ClN2O3/c17-13-14(18-10-5-4-8-12(20)9-10)16(22)19(15(13)21)11-6-2-1-3-7-11/h4-5,8-9,11,18,20H,1-3,6-7H2. The first-order valence-corrected chi connectivity index (χ1v) is 7.79. The molecule has 1 fully saturated rings. The van der Waals surface area contributed by atoms with Crippen molar-refractivity contribution in [3.05, 3.63) is 35.0 Å². The minimum Gasteiger partial charge on any atom is -0.508 e. The lowest BCUT2D eigenvalue weighted by Crippen LogP contribution is -2.42. The summed E-state index contributed by atoms with van der Waals surface area (Å²) in [5, 5.41) is 12.2. The quantitative estimate of drug-likeness (QED) is 0.840. The summed E-state index contributed by atoms with van der Waals surface area (Å²) in [7, 11) is 0. The van der Waals surface area contributed by atoms with Gasteiger partial charge in [-0.1, -0.05) is 36.9 Å². The van der Waals surface area contributed by atoms with Crippen molar-refractivity contribution in [2.45, 2.75) is 38.1 Å². The first-order valence-electron chi connectivity index (χ1n) is 7.41. The molecule has 6 heteroatoms. The minimum absolute atomic E-state index is 0.0639. The third-order valence-electron chi connectivity index (χ3n) is 4.11. The van der Waals surface area contributed by atoms with Crippen LogP contribution in [0.5, 0.6) is 5.75 Å². The fraction of sp³-hybridized carbons (Fsp3) is 0.375. The van der Waals surface area contributed by atoms with Gasteiger partial charge in [-0.2, -0.15) is 0 Å². The molecule has 1 saturated carbocycles. The molecule has 1 aromatic carbocycles. The van der Waals surface area contributed by atoms with Crippen LogP contribution in [0.2, 0.25) is 0 Å². The van der Waals surface area contributed by atoms with Crippen molar-refractivity contribution in [2.24, 2.45) is 0 Å². The average Bonchev–Trinajstić information content (AvgIpc) is 2.72. The van der Waals surface area contributed by atoms with E-state index in [9.17, 15) is 14.7 Å². The predicted octanol–water partition coefficient (Wildman–Crippen LogP) is 2.96. The Hall–Kier alpha value is -2.01. The van der Waals surface area contributed by atoms with Gasteiger partial charge in [-0.25, -0.2) is 0 Å². The second-order valence-electron chi connectivity index (χ2n) is 5.64. The van der Waals surface area contributed by atoms with Crippen molar-refractivity contribution >= 4 is 29.1 Å². The molecule has 1 aliphatic heterocycles. The number of nitrogens with zero attached hydrogens (tertiary/aromatic N) is 1. The van der Waals surface area contributed by atoms with Gasteiger partial charge in [-0.3, -0.25) is 14.5 Å². The molecule has 22 heavy (non-hydrogen) atoms. The summed E-state index contributed by atoms with van der Waals surface area (Å²) >= 11 is 6.07. The fourth-order valence-corrected chi connectivity index (χ4v) is 3.25. The summed E-state index contributed by atoms with van der Waals surface area (Å²) in [6.45, 7) is 0. The molecule has 0 saturated heterocycles. The van der Waals surface area contributed by atoms with E-state index in [1.165, 1.54) is 17.0 Å². The summed E-state index contributed by atoms with van der Waals surface area (Å²) in [6.07, 6.45) is 4.85. The number of benzene rings is 1. The molecule has 2 N–H and O–H groups in total. The van der Waals surface area contributed by atoms with Gasteiger partial charge in [-0.15, -0.1) is 0 Å². The van der Waals surface area contributed by atoms with Crippen molar-refractivity contribution in [1.29, 1.82) is 0 Å². The maximum absolute atomic E-state index is 12.6. The number of carbonyl (C=O) groups excluding carboxylic acids is 2. The second kappa shape index (κ2) is 6.01. The van der Waals surface area contributed by atoms with Crippen molar-refractivity contribution in [1.82, 2.24) is 4.90 Å². The molecule has 0 spiro atoms. The average molecular weight is 321 g/mol. The second-order valence-corrected chi connectivity index (χ2v) is 6.01. The number of imide groups is 1. The van der Waals surface area contributed by atoms with Gasteiger partial charge in [-0.05, 0) is 25.0 Å². The monoisotopic (exact) mass is 320 g/mol. The van der Waals surface area contributed by atoms with E-state index in [-0.39, 0.29) is 28.4 Å². The molecule has 3 rings (SSSR count). The Balaban J connectivity index is 1.82. The van der Waals surface area contributed by atoms with Gasteiger partial charge in [0.25, 0.3) is 11.8 Å². The summed E-state index contributed by atoms with van der Waals surface area (Å²) in [5.74, 6) is -0.742. The molecule has 0 radical (unpaired) electrons. The van der Waals surface area contributed by atoms with Crippen LogP contribution >= 0.6 is 11.6 Å². The third-order valence-corrected chi connectivity index (χ3v) is 4.46. The van der Waals surface area contributed by atoms with Crippen LogP contribution in [-0.2, 0) is 9.59 Å². The number of amides is 2. The molecule has 1 aromatic rings. The molecular formula is C16H17ClN2O3. The Bertz CT molecular complexity index is 651. The number of halogens is 1. The molecular weight excluding hydrogens is 304 g/mol. The van der Waals surface area contributed by atoms with Crippen molar-refractivity contribution in [3.63, 3.8) is 0 Å². The van der Waals surface area contributed by atoms with E-state index in [0.717, 1.165) is 32.1 Å². The van der Waals surface area contributed by atoms with Gasteiger partial charge in [0, 0.05) is 17.8 Å². The molecule has 2 amide bonds. The number of rotatable bonds is 3. The van der Waals surface area contributed by atoms with E-state index in [1.54, 1.807) is 12.1 Å². The third kappa shape index (κ3) is 2.68. The SMILES string of the molecule is O=C1C(Cl)=C(Nc2cccc(O)c2)C(=O)N1C1CCCCC1. The van der Waals surface area contributed by atoms with E-state index in [2.05, 4.69) is 5.32 Å². The van der Waals surface area contributed by atoms with Gasteiger partial charge in [0.2, 0.25) is 0 Å². The molecule has 0 atom stereocenters. The zero-order valence-electron chi connectivity index (χ0n) is 12.0. The number of nitrogens with one attached hydrogen (secondary N) is 1. The van der Waals surface area contributed by atoms with Crippen molar-refractivity contribution in [2.75, 3.05) is 5.32 Å². The number of anilines is 1. The summed E-state index contributed by atoms with van der Waals surface area (Å²) in [6, 6.07) is 6.27. The maximum Gasteiger partial charge on any atom is 0.279 e. The topological polar surface area (TPSA) is 69.6 Å². The molecule has 5 nitrogen and oxygen atoms in total. The molecule has 2 aliphatic rings. The Morgan fingerprint density at radius 1 is 1.14 bits per heavy atom. The zero-order valence-corrected chi connectivity index (χ0v) is 12.8. The Morgan fingerprint density at radius 3 is 2.55 bits per heavy atom. The Kier molecular flexibility index (Phi) is 4.07. The van der Waals surface area contributed by atoms with E-state index >= 15 is 0 Å². The Morgan fingerprint density at radius 2 is 1.86 bits per heavy atom. The summed E-state index contributed by atoms with van der Waals surface area (Å²) in [5.41, 5.74) is 0.600. The lowest BCUT2D eigenvalue weighted by atomic mass is 9.94. The van der Waals surface area contributed by atoms with E-state index in [1.807, 2.05) is 0 Å². The smallest absolute Gasteiger partial charge is 0.279 e. The van der Waals surface area contributed by atoms with Crippen LogP contribution in [-0.4, -0.2) is 27.9 Å². The number of phenols is 1.